The lowest BCUT2D eigenvalue weighted by Gasteiger charge is -2.19. The summed E-state index contributed by atoms with van der Waals surface area (Å²) in [4.78, 5) is 18.5. The Bertz CT molecular complexity index is 1170. The summed E-state index contributed by atoms with van der Waals surface area (Å²) in [5, 5.41) is 0.192. The van der Waals surface area contributed by atoms with Crippen LogP contribution in [0.3, 0.4) is 0 Å². The maximum Gasteiger partial charge on any atom is 0.278 e. The number of sulfonamides is 1. The van der Waals surface area contributed by atoms with Crippen LogP contribution in [-0.4, -0.2) is 32.5 Å². The van der Waals surface area contributed by atoms with E-state index in [2.05, 4.69) is 9.71 Å². The molecular weight excluding hydrogens is 438 g/mol. The molecule has 31 heavy (non-hydrogen) atoms. The Labute approximate surface area is 186 Å². The number of amides is 1. The fraction of sp³-hybridized carbons (Fsp3) is 0.182. The molecule has 0 unspecified atom stereocenters. The molecule has 3 aromatic rings. The van der Waals surface area contributed by atoms with Gasteiger partial charge >= 0.3 is 0 Å². The van der Waals surface area contributed by atoms with Gasteiger partial charge in [-0.1, -0.05) is 29.8 Å². The van der Waals surface area contributed by atoms with Crippen LogP contribution in [0, 0.1) is 0 Å². The Hall–Kier alpha value is -3.10. The topological polar surface area (TPSA) is 88.6 Å². The molecule has 0 aliphatic rings. The summed E-state index contributed by atoms with van der Waals surface area (Å²) in [6.07, 6.45) is 1.26. The monoisotopic (exact) mass is 459 g/mol. The number of pyridine rings is 1. The van der Waals surface area contributed by atoms with Gasteiger partial charge in [0, 0.05) is 18.9 Å². The maximum absolute atomic E-state index is 13.0. The normalized spacial score (nSPS) is 11.3. The third kappa shape index (κ3) is 5.53. The van der Waals surface area contributed by atoms with Crippen molar-refractivity contribution in [3.63, 3.8) is 0 Å². The second-order valence-electron chi connectivity index (χ2n) is 6.99. The molecule has 9 heteroatoms. The summed E-state index contributed by atoms with van der Waals surface area (Å²) >= 11 is 6.02. The van der Waals surface area contributed by atoms with Crippen LogP contribution in [0.4, 0.5) is 11.4 Å². The number of benzene rings is 2. The van der Waals surface area contributed by atoms with E-state index in [1.54, 1.807) is 43.4 Å². The second kappa shape index (κ2) is 9.36. The maximum atomic E-state index is 13.0. The van der Waals surface area contributed by atoms with Crippen LogP contribution in [0.15, 0.2) is 71.8 Å². The molecule has 2 aromatic carbocycles. The highest BCUT2D eigenvalue weighted by atomic mass is 35.5. The average Bonchev–Trinajstić information content (AvgIpc) is 2.73. The molecule has 0 saturated carbocycles. The van der Waals surface area contributed by atoms with Crippen molar-refractivity contribution in [1.82, 2.24) is 4.98 Å². The molecule has 1 amide bonds. The van der Waals surface area contributed by atoms with Gasteiger partial charge in [-0.2, -0.15) is 0 Å². The summed E-state index contributed by atoms with van der Waals surface area (Å²) in [6.45, 7) is 3.76. The number of anilines is 2. The molecule has 1 aromatic heterocycles. The van der Waals surface area contributed by atoms with Gasteiger partial charge in [0.1, 0.15) is 5.75 Å². The van der Waals surface area contributed by atoms with Gasteiger partial charge < -0.3 is 9.64 Å². The lowest BCUT2D eigenvalue weighted by molar-refractivity contribution is 0.0989. The summed E-state index contributed by atoms with van der Waals surface area (Å²) < 4.78 is 33.8. The highest BCUT2D eigenvalue weighted by Crippen LogP contribution is 2.26. The number of nitrogens with zero attached hydrogens (tertiary/aromatic N) is 2. The van der Waals surface area contributed by atoms with Crippen molar-refractivity contribution in [3.05, 3.63) is 77.6 Å². The van der Waals surface area contributed by atoms with Crippen LogP contribution in [0.2, 0.25) is 5.02 Å². The zero-order valence-corrected chi connectivity index (χ0v) is 18.8. The Kier molecular flexibility index (Phi) is 6.82. The number of halogens is 1. The number of rotatable bonds is 7. The van der Waals surface area contributed by atoms with Crippen molar-refractivity contribution in [3.8, 4) is 5.75 Å². The van der Waals surface area contributed by atoms with Crippen LogP contribution >= 0.6 is 11.6 Å². The van der Waals surface area contributed by atoms with Gasteiger partial charge in [-0.25, -0.2) is 13.4 Å². The molecule has 0 spiro atoms. The minimum Gasteiger partial charge on any atom is -0.491 e. The molecule has 3 rings (SSSR count). The first kappa shape index (κ1) is 22.6. The van der Waals surface area contributed by atoms with Gasteiger partial charge in [-0.15, -0.1) is 0 Å². The predicted molar refractivity (Wildman–Crippen MR) is 121 cm³/mol. The number of ether oxygens (including phenoxy) is 1. The number of hydrogen-bond donors (Lipinski definition) is 1. The number of carbonyl (C=O) groups is 1. The number of carbonyl (C=O) groups excluding carboxylic acids is 1. The molecule has 0 radical (unpaired) electrons. The zero-order chi connectivity index (χ0) is 22.6. The fourth-order valence-electron chi connectivity index (χ4n) is 2.79. The summed E-state index contributed by atoms with van der Waals surface area (Å²) in [5.74, 6) is 0.0694. The molecule has 0 aliphatic carbocycles. The van der Waals surface area contributed by atoms with E-state index in [-0.39, 0.29) is 27.4 Å². The summed E-state index contributed by atoms with van der Waals surface area (Å²) in [5.41, 5.74) is 0.556. The van der Waals surface area contributed by atoms with E-state index in [9.17, 15) is 13.2 Å². The Morgan fingerprint density at radius 3 is 2.35 bits per heavy atom. The lowest BCUT2D eigenvalue weighted by Crippen LogP contribution is -2.28. The van der Waals surface area contributed by atoms with Gasteiger partial charge in [0.2, 0.25) is 0 Å². The van der Waals surface area contributed by atoms with Crippen molar-refractivity contribution in [1.29, 1.82) is 0 Å². The zero-order valence-electron chi connectivity index (χ0n) is 17.2. The summed E-state index contributed by atoms with van der Waals surface area (Å²) in [7, 11) is -2.41. The number of nitrogens with one attached hydrogen (secondary N) is 1. The first-order valence-electron chi connectivity index (χ1n) is 9.45. The van der Waals surface area contributed by atoms with Gasteiger partial charge in [0.15, 0.2) is 5.69 Å². The molecule has 0 saturated heterocycles. The predicted octanol–water partition coefficient (Wildman–Crippen LogP) is 4.60. The average molecular weight is 460 g/mol. The third-order valence-electron chi connectivity index (χ3n) is 4.26. The van der Waals surface area contributed by atoms with Gasteiger partial charge in [0.25, 0.3) is 15.9 Å². The lowest BCUT2D eigenvalue weighted by atomic mass is 10.2. The van der Waals surface area contributed by atoms with Gasteiger partial charge in [-0.3, -0.25) is 9.52 Å². The van der Waals surface area contributed by atoms with E-state index in [0.717, 1.165) is 0 Å². The van der Waals surface area contributed by atoms with Crippen molar-refractivity contribution < 1.29 is 17.9 Å². The standard InChI is InChI=1S/C22H22ClN3O4S/c1-15(2)30-18-9-11-19(12-10-18)31(28,29)25-20-13-16(23)14-24-21(20)22(27)26(3)17-7-5-4-6-8-17/h4-15,25H,1-3H3. The van der Waals surface area contributed by atoms with Crippen molar-refractivity contribution in [2.24, 2.45) is 0 Å². The van der Waals surface area contributed by atoms with Crippen molar-refractivity contribution >= 4 is 38.9 Å². The summed E-state index contributed by atoms with van der Waals surface area (Å²) in [6, 6.07) is 16.3. The highest BCUT2D eigenvalue weighted by Gasteiger charge is 2.23. The highest BCUT2D eigenvalue weighted by molar-refractivity contribution is 7.92. The number of aromatic nitrogens is 1. The second-order valence-corrected chi connectivity index (χ2v) is 9.11. The molecule has 1 N–H and O–H groups in total. The minimum atomic E-state index is -4.00. The van der Waals surface area contributed by atoms with E-state index < -0.39 is 15.9 Å². The van der Waals surface area contributed by atoms with Gasteiger partial charge in [-0.05, 0) is 56.3 Å². The SMILES string of the molecule is CC(C)Oc1ccc(S(=O)(=O)Nc2cc(Cl)cnc2C(=O)N(C)c2ccccc2)cc1. The minimum absolute atomic E-state index is 0.0113. The van der Waals surface area contributed by atoms with Crippen molar-refractivity contribution in [2.45, 2.75) is 24.8 Å². The quantitative estimate of drug-likeness (QED) is 0.557. The molecule has 1 heterocycles. The van der Waals surface area contributed by atoms with Crippen LogP contribution in [0.5, 0.6) is 5.75 Å². The largest absolute Gasteiger partial charge is 0.491 e. The fourth-order valence-corrected chi connectivity index (χ4v) is 4.00. The Morgan fingerprint density at radius 2 is 1.74 bits per heavy atom. The molecule has 0 aliphatic heterocycles. The van der Waals surface area contributed by atoms with E-state index in [0.29, 0.717) is 11.4 Å². The first-order valence-corrected chi connectivity index (χ1v) is 11.3. The first-order chi connectivity index (χ1) is 14.7. The van der Waals surface area contributed by atoms with Crippen LogP contribution in [0.1, 0.15) is 24.3 Å². The Morgan fingerprint density at radius 1 is 1.10 bits per heavy atom. The number of hydrogen-bond acceptors (Lipinski definition) is 5. The number of para-hydroxylation sites is 1. The molecular formula is C22H22ClN3O4S. The van der Waals surface area contributed by atoms with Crippen molar-refractivity contribution in [2.75, 3.05) is 16.7 Å². The third-order valence-corrected chi connectivity index (χ3v) is 5.84. The van der Waals surface area contributed by atoms with E-state index in [1.165, 1.54) is 29.3 Å². The van der Waals surface area contributed by atoms with E-state index in [4.69, 9.17) is 16.3 Å². The van der Waals surface area contributed by atoms with E-state index >= 15 is 0 Å². The smallest absolute Gasteiger partial charge is 0.278 e. The molecule has 0 bridgehead atoms. The van der Waals surface area contributed by atoms with Gasteiger partial charge in [0.05, 0.1) is 21.7 Å². The van der Waals surface area contributed by atoms with Crippen LogP contribution in [-0.2, 0) is 10.0 Å². The van der Waals surface area contributed by atoms with E-state index in [1.807, 2.05) is 19.9 Å². The van der Waals surface area contributed by atoms with Crippen LogP contribution in [0.25, 0.3) is 0 Å². The molecule has 0 atom stereocenters. The molecule has 162 valence electrons. The Balaban J connectivity index is 1.90. The molecule has 7 nitrogen and oxygen atoms in total. The molecule has 0 fully saturated rings. The van der Waals surface area contributed by atoms with Crippen LogP contribution < -0.4 is 14.4 Å².